The Hall–Kier alpha value is -0.950. The average Bonchev–Trinajstić information content (AvgIpc) is 2.14. The lowest BCUT2D eigenvalue weighted by Crippen LogP contribution is -2.36. The molecule has 0 aliphatic heterocycles. The van der Waals surface area contributed by atoms with Crippen LogP contribution < -0.4 is 0 Å². The highest BCUT2D eigenvalue weighted by Crippen LogP contribution is 2.16. The van der Waals surface area contributed by atoms with E-state index in [-0.39, 0.29) is 17.9 Å². The molecule has 1 rings (SSSR count). The lowest BCUT2D eigenvalue weighted by molar-refractivity contribution is 0.198. The van der Waals surface area contributed by atoms with E-state index in [2.05, 4.69) is 56.5 Å². The summed E-state index contributed by atoms with van der Waals surface area (Å²) in [4.78, 5) is 2.24. The van der Waals surface area contributed by atoms with Crippen molar-refractivity contribution < 1.29 is 0 Å². The van der Waals surface area contributed by atoms with Crippen LogP contribution in [0.25, 0.3) is 0 Å². The standard InChI is InChI=1S/C13H19N.ClH/c1-5-14(13(2,3)4)11-12-9-7-6-8-10-12;/h5-10H,1,11H2,2-4H3;1H. The van der Waals surface area contributed by atoms with Crippen molar-refractivity contribution >= 4 is 12.4 Å². The van der Waals surface area contributed by atoms with Crippen molar-refractivity contribution in [1.82, 2.24) is 4.90 Å². The fraction of sp³-hybridized carbons (Fsp3) is 0.385. The van der Waals surface area contributed by atoms with Crippen molar-refractivity contribution in [3.63, 3.8) is 0 Å². The van der Waals surface area contributed by atoms with Gasteiger partial charge in [0, 0.05) is 12.1 Å². The zero-order valence-electron chi connectivity index (χ0n) is 9.73. The maximum Gasteiger partial charge on any atom is 0.0429 e. The van der Waals surface area contributed by atoms with Crippen molar-refractivity contribution in [2.24, 2.45) is 0 Å². The van der Waals surface area contributed by atoms with Gasteiger partial charge in [0.2, 0.25) is 0 Å². The normalized spacial score (nSPS) is 10.3. The van der Waals surface area contributed by atoms with Crippen LogP contribution in [0.15, 0.2) is 43.1 Å². The van der Waals surface area contributed by atoms with Gasteiger partial charge in [0.15, 0.2) is 0 Å². The Morgan fingerprint density at radius 2 is 1.73 bits per heavy atom. The fourth-order valence-electron chi connectivity index (χ4n) is 1.36. The van der Waals surface area contributed by atoms with E-state index in [1.165, 1.54) is 5.56 Å². The minimum Gasteiger partial charge on any atom is -0.369 e. The number of hydrogen-bond donors (Lipinski definition) is 0. The average molecular weight is 226 g/mol. The van der Waals surface area contributed by atoms with Crippen LogP contribution in [-0.2, 0) is 6.54 Å². The first-order chi connectivity index (χ1) is 6.54. The molecule has 1 aromatic rings. The smallest absolute Gasteiger partial charge is 0.0429 e. The molecule has 2 heteroatoms. The molecule has 1 aromatic carbocycles. The summed E-state index contributed by atoms with van der Waals surface area (Å²) in [7, 11) is 0. The zero-order chi connectivity index (χ0) is 10.6. The molecule has 0 unspecified atom stereocenters. The van der Waals surface area contributed by atoms with Crippen molar-refractivity contribution in [2.45, 2.75) is 32.9 Å². The van der Waals surface area contributed by atoms with Crippen LogP contribution in [-0.4, -0.2) is 10.4 Å². The molecule has 0 aromatic heterocycles. The van der Waals surface area contributed by atoms with Crippen LogP contribution in [0.5, 0.6) is 0 Å². The Balaban J connectivity index is 0.00000196. The molecule has 0 atom stereocenters. The molecular formula is C13H20ClN. The second-order valence-electron chi connectivity index (χ2n) is 4.47. The first kappa shape index (κ1) is 14.1. The van der Waals surface area contributed by atoms with E-state index in [4.69, 9.17) is 0 Å². The van der Waals surface area contributed by atoms with Crippen LogP contribution in [0, 0.1) is 0 Å². The van der Waals surface area contributed by atoms with E-state index in [1.807, 2.05) is 12.3 Å². The Morgan fingerprint density at radius 3 is 2.13 bits per heavy atom. The number of halogens is 1. The molecule has 0 saturated carbocycles. The maximum atomic E-state index is 3.85. The van der Waals surface area contributed by atoms with Gasteiger partial charge in [-0.3, -0.25) is 0 Å². The summed E-state index contributed by atoms with van der Waals surface area (Å²) in [6, 6.07) is 10.5. The van der Waals surface area contributed by atoms with Crippen LogP contribution >= 0.6 is 12.4 Å². The highest BCUT2D eigenvalue weighted by atomic mass is 35.5. The summed E-state index contributed by atoms with van der Waals surface area (Å²) in [5.41, 5.74) is 1.46. The molecule has 0 fully saturated rings. The first-order valence-corrected chi connectivity index (χ1v) is 4.97. The fourth-order valence-corrected chi connectivity index (χ4v) is 1.36. The highest BCUT2D eigenvalue weighted by molar-refractivity contribution is 5.85. The van der Waals surface area contributed by atoms with E-state index in [0.717, 1.165) is 6.54 Å². The first-order valence-electron chi connectivity index (χ1n) is 4.97. The monoisotopic (exact) mass is 225 g/mol. The van der Waals surface area contributed by atoms with Gasteiger partial charge in [-0.25, -0.2) is 0 Å². The SMILES string of the molecule is C=CN(Cc1ccccc1)C(C)(C)C.Cl. The van der Waals surface area contributed by atoms with Crippen molar-refractivity contribution in [3.05, 3.63) is 48.7 Å². The van der Waals surface area contributed by atoms with Crippen LogP contribution in [0.1, 0.15) is 26.3 Å². The quantitative estimate of drug-likeness (QED) is 0.755. The summed E-state index contributed by atoms with van der Waals surface area (Å²) >= 11 is 0. The van der Waals surface area contributed by atoms with E-state index in [9.17, 15) is 0 Å². The lowest BCUT2D eigenvalue weighted by atomic mass is 10.1. The van der Waals surface area contributed by atoms with Gasteiger partial charge in [-0.2, -0.15) is 0 Å². The molecule has 0 N–H and O–H groups in total. The third-order valence-corrected chi connectivity index (χ3v) is 2.28. The summed E-state index contributed by atoms with van der Waals surface area (Å²) in [5, 5.41) is 0. The van der Waals surface area contributed by atoms with E-state index >= 15 is 0 Å². The van der Waals surface area contributed by atoms with E-state index < -0.39 is 0 Å². The van der Waals surface area contributed by atoms with Crippen molar-refractivity contribution in [1.29, 1.82) is 0 Å². The minimum atomic E-state index is 0. The summed E-state index contributed by atoms with van der Waals surface area (Å²) in [6.07, 6.45) is 1.91. The second kappa shape index (κ2) is 5.82. The highest BCUT2D eigenvalue weighted by Gasteiger charge is 2.16. The molecular weight excluding hydrogens is 206 g/mol. The summed E-state index contributed by atoms with van der Waals surface area (Å²) in [5.74, 6) is 0. The molecule has 1 nitrogen and oxygen atoms in total. The summed E-state index contributed by atoms with van der Waals surface area (Å²) < 4.78 is 0. The molecule has 0 saturated heterocycles. The van der Waals surface area contributed by atoms with Crippen molar-refractivity contribution in [2.75, 3.05) is 0 Å². The Morgan fingerprint density at radius 1 is 1.20 bits per heavy atom. The molecule has 0 amide bonds. The topological polar surface area (TPSA) is 3.24 Å². The molecule has 0 aliphatic carbocycles. The van der Waals surface area contributed by atoms with Crippen LogP contribution in [0.4, 0.5) is 0 Å². The Labute approximate surface area is 99.2 Å². The van der Waals surface area contributed by atoms with Gasteiger partial charge in [-0.05, 0) is 32.5 Å². The molecule has 84 valence electrons. The van der Waals surface area contributed by atoms with Gasteiger partial charge >= 0.3 is 0 Å². The third-order valence-electron chi connectivity index (χ3n) is 2.28. The predicted molar refractivity (Wildman–Crippen MR) is 69.2 cm³/mol. The van der Waals surface area contributed by atoms with E-state index in [1.54, 1.807) is 0 Å². The lowest BCUT2D eigenvalue weighted by Gasteiger charge is -2.34. The number of rotatable bonds is 3. The molecule has 0 spiro atoms. The molecule has 0 aliphatic rings. The maximum absolute atomic E-state index is 3.85. The molecule has 15 heavy (non-hydrogen) atoms. The summed E-state index contributed by atoms with van der Waals surface area (Å²) in [6.45, 7) is 11.4. The number of hydrogen-bond acceptors (Lipinski definition) is 1. The molecule has 0 radical (unpaired) electrons. The minimum absolute atomic E-state index is 0. The third kappa shape index (κ3) is 4.39. The largest absolute Gasteiger partial charge is 0.369 e. The Kier molecular flexibility index (Phi) is 5.45. The van der Waals surface area contributed by atoms with Crippen LogP contribution in [0.3, 0.4) is 0 Å². The van der Waals surface area contributed by atoms with Gasteiger partial charge in [-0.15, -0.1) is 12.4 Å². The van der Waals surface area contributed by atoms with Gasteiger partial charge in [0.1, 0.15) is 0 Å². The van der Waals surface area contributed by atoms with Crippen molar-refractivity contribution in [3.8, 4) is 0 Å². The van der Waals surface area contributed by atoms with E-state index in [0.29, 0.717) is 0 Å². The molecule has 0 heterocycles. The van der Waals surface area contributed by atoms with Gasteiger partial charge in [-0.1, -0.05) is 36.9 Å². The predicted octanol–water partition coefficient (Wildman–Crippen LogP) is 3.85. The number of benzene rings is 1. The van der Waals surface area contributed by atoms with Crippen LogP contribution in [0.2, 0.25) is 0 Å². The second-order valence-corrected chi connectivity index (χ2v) is 4.47. The molecule has 0 bridgehead atoms. The zero-order valence-corrected chi connectivity index (χ0v) is 10.6. The number of nitrogens with zero attached hydrogens (tertiary/aromatic N) is 1. The Bertz CT molecular complexity index is 287. The van der Waals surface area contributed by atoms with Gasteiger partial charge < -0.3 is 4.90 Å². The van der Waals surface area contributed by atoms with Gasteiger partial charge in [0.25, 0.3) is 0 Å². The van der Waals surface area contributed by atoms with Gasteiger partial charge in [0.05, 0.1) is 0 Å².